The first-order valence-electron chi connectivity index (χ1n) is 24.8. The van der Waals surface area contributed by atoms with Crippen LogP contribution in [0, 0.1) is 11.8 Å². The number of esters is 2. The number of quaternary nitrogens is 1. The molecule has 1 aliphatic carbocycles. The van der Waals surface area contributed by atoms with E-state index in [0.29, 0.717) is 43.1 Å². The monoisotopic (exact) mass is 912 g/mol. The summed E-state index contributed by atoms with van der Waals surface area (Å²) in [6, 6.07) is 0. The number of Topliss-reactive ketones (excluding diaryl/α,β-unsaturated/α-hetero) is 1. The second-order valence-electron chi connectivity index (χ2n) is 18.6. The van der Waals surface area contributed by atoms with Crippen molar-refractivity contribution in [1.82, 2.24) is 0 Å². The van der Waals surface area contributed by atoms with Crippen LogP contribution in [0.15, 0.2) is 36.5 Å². The molecule has 1 aliphatic rings. The summed E-state index contributed by atoms with van der Waals surface area (Å²) in [6.07, 6.45) is 35.3. The Morgan fingerprint density at radius 1 is 0.746 bits per heavy atom. The molecule has 0 aliphatic heterocycles. The molecule has 366 valence electrons. The first-order valence-corrected chi connectivity index (χ1v) is 26.3. The van der Waals surface area contributed by atoms with Crippen LogP contribution in [0.2, 0.25) is 0 Å². The van der Waals surface area contributed by atoms with Gasteiger partial charge in [0.05, 0.1) is 40.0 Å². The minimum Gasteiger partial charge on any atom is -0.756 e. The van der Waals surface area contributed by atoms with Crippen molar-refractivity contribution >= 4 is 25.5 Å². The van der Waals surface area contributed by atoms with Crippen molar-refractivity contribution in [2.24, 2.45) is 11.8 Å². The van der Waals surface area contributed by atoms with Crippen LogP contribution in [0.4, 0.5) is 0 Å². The Balaban J connectivity index is 2.43. The molecule has 0 amide bonds. The highest BCUT2D eigenvalue weighted by Gasteiger charge is 2.39. The van der Waals surface area contributed by atoms with Crippen LogP contribution < -0.4 is 4.89 Å². The van der Waals surface area contributed by atoms with Gasteiger partial charge in [0, 0.05) is 31.1 Å². The molecule has 1 saturated carbocycles. The van der Waals surface area contributed by atoms with E-state index < -0.39 is 50.6 Å². The molecule has 0 aromatic rings. The molecule has 2 N–H and O–H groups in total. The molecular formula is C50H90NO11P. The van der Waals surface area contributed by atoms with E-state index in [1.807, 2.05) is 33.3 Å². The Morgan fingerprint density at radius 2 is 1.29 bits per heavy atom. The summed E-state index contributed by atoms with van der Waals surface area (Å²) >= 11 is 0. The number of allylic oxidation sites excluding steroid dienone is 5. The molecule has 0 aromatic carbocycles. The van der Waals surface area contributed by atoms with Gasteiger partial charge in [-0.2, -0.15) is 0 Å². The van der Waals surface area contributed by atoms with Crippen molar-refractivity contribution in [1.29, 1.82) is 0 Å². The average molecular weight is 912 g/mol. The molecule has 6 atom stereocenters. The van der Waals surface area contributed by atoms with E-state index in [0.717, 1.165) is 38.5 Å². The topological polar surface area (TPSA) is 169 Å². The maximum Gasteiger partial charge on any atom is 0.306 e. The molecule has 0 aromatic heterocycles. The fourth-order valence-corrected chi connectivity index (χ4v) is 8.24. The van der Waals surface area contributed by atoms with E-state index in [2.05, 4.69) is 26.0 Å². The van der Waals surface area contributed by atoms with Crippen molar-refractivity contribution in [3.63, 3.8) is 0 Å². The van der Waals surface area contributed by atoms with Crippen molar-refractivity contribution in [2.45, 2.75) is 206 Å². The van der Waals surface area contributed by atoms with Crippen LogP contribution >= 0.6 is 7.82 Å². The van der Waals surface area contributed by atoms with Crippen molar-refractivity contribution in [3.05, 3.63) is 36.5 Å². The van der Waals surface area contributed by atoms with Gasteiger partial charge in [0.25, 0.3) is 7.82 Å². The number of unbranched alkanes of at least 4 members (excludes halogenated alkanes) is 18. The number of carbonyl (C=O) groups is 3. The molecule has 1 rings (SSSR count). The Bertz CT molecular complexity index is 1330. The van der Waals surface area contributed by atoms with E-state index >= 15 is 0 Å². The molecule has 1 fully saturated rings. The third-order valence-corrected chi connectivity index (χ3v) is 12.5. The molecule has 0 saturated heterocycles. The van der Waals surface area contributed by atoms with Gasteiger partial charge in [-0.3, -0.25) is 18.9 Å². The number of hydrogen-bond donors (Lipinski definition) is 2. The summed E-state index contributed by atoms with van der Waals surface area (Å²) in [7, 11) is 1.02. The standard InChI is InChI=1S/C50H90NO11P/c1-6-8-10-11-12-13-14-15-16-17-18-19-20-21-22-23-24-25-31-35-50(56)62-44(42-61-63(57,58)60-39-38-51(3,4)5)41-59-49(55)34-30-27-26-29-33-45-46(48(54)40-47(45)53)37-36-43(52)32-28-9-7-2/h15-16,26,29,36-37,43-47,52-53H,6-14,17-25,27-28,30-35,38-42H2,1-5H3/b16-15-,29-26-,37-36+/t43-,44+,45+,46+,47-/m0/s1. The number of phosphoric ester groups is 1. The molecule has 0 spiro atoms. The van der Waals surface area contributed by atoms with Gasteiger partial charge < -0.3 is 38.1 Å². The number of rotatable bonds is 41. The Kier molecular flexibility index (Phi) is 34.5. The van der Waals surface area contributed by atoms with Crippen molar-refractivity contribution in [3.8, 4) is 0 Å². The normalized spacial score (nSPS) is 19.0. The van der Waals surface area contributed by atoms with Gasteiger partial charge >= 0.3 is 11.9 Å². The second-order valence-corrected chi connectivity index (χ2v) is 20.0. The number of ketones is 1. The Labute approximate surface area is 382 Å². The molecule has 63 heavy (non-hydrogen) atoms. The van der Waals surface area contributed by atoms with Crippen LogP contribution in [0.1, 0.15) is 187 Å². The maximum absolute atomic E-state index is 12.8. The van der Waals surface area contributed by atoms with Crippen molar-refractivity contribution < 1.29 is 57.1 Å². The predicted molar refractivity (Wildman–Crippen MR) is 251 cm³/mol. The van der Waals surface area contributed by atoms with Crippen LogP contribution in [-0.2, 0) is 37.5 Å². The van der Waals surface area contributed by atoms with Crippen molar-refractivity contribution in [2.75, 3.05) is 47.5 Å². The lowest BCUT2D eigenvalue weighted by molar-refractivity contribution is -0.870. The van der Waals surface area contributed by atoms with Gasteiger partial charge in [0.15, 0.2) is 6.10 Å². The smallest absolute Gasteiger partial charge is 0.306 e. The van der Waals surface area contributed by atoms with Gasteiger partial charge in [-0.1, -0.05) is 147 Å². The fraction of sp³-hybridized carbons (Fsp3) is 0.820. The molecule has 0 heterocycles. The number of ether oxygens (including phenoxy) is 2. The number of aliphatic hydroxyl groups excluding tert-OH is 2. The highest BCUT2D eigenvalue weighted by Crippen LogP contribution is 2.38. The third kappa shape index (κ3) is 33.9. The van der Waals surface area contributed by atoms with E-state index in [1.165, 1.54) is 83.5 Å². The lowest BCUT2D eigenvalue weighted by Crippen LogP contribution is -2.37. The molecule has 1 unspecified atom stereocenters. The number of nitrogens with zero attached hydrogens (tertiary/aromatic N) is 1. The molecule has 0 radical (unpaired) electrons. The molecule has 13 heteroatoms. The summed E-state index contributed by atoms with van der Waals surface area (Å²) < 4.78 is 33.9. The minimum absolute atomic E-state index is 0.0280. The lowest BCUT2D eigenvalue weighted by atomic mass is 9.90. The van der Waals surface area contributed by atoms with Crippen LogP contribution in [-0.4, -0.2) is 98.2 Å². The van der Waals surface area contributed by atoms with E-state index in [9.17, 15) is 34.1 Å². The number of likely N-dealkylation sites (N-methyl/N-ethyl adjacent to an activating group) is 1. The summed E-state index contributed by atoms with van der Waals surface area (Å²) in [4.78, 5) is 50.4. The third-order valence-electron chi connectivity index (χ3n) is 11.5. The van der Waals surface area contributed by atoms with Crippen LogP contribution in [0.25, 0.3) is 0 Å². The number of phosphoric acid groups is 1. The van der Waals surface area contributed by atoms with Gasteiger partial charge in [-0.15, -0.1) is 0 Å². The van der Waals surface area contributed by atoms with Gasteiger partial charge in [0.2, 0.25) is 0 Å². The first-order chi connectivity index (χ1) is 30.2. The van der Waals surface area contributed by atoms with E-state index in [4.69, 9.17) is 18.5 Å². The maximum atomic E-state index is 12.8. The van der Waals surface area contributed by atoms with Crippen LogP contribution in [0.5, 0.6) is 0 Å². The Morgan fingerprint density at radius 3 is 1.90 bits per heavy atom. The SMILES string of the molecule is CCCCCCCC/C=C\CCCCCCCCCCCC(=O)O[C@H](COC(=O)CCC/C=C\C[C@H]1[C@@H](O)CC(=O)[C@@H]1/C=C/[C@@H](O)CCCCC)COP(=O)([O-])OCC[N+](C)(C)C. The van der Waals surface area contributed by atoms with Gasteiger partial charge in [-0.25, -0.2) is 0 Å². The first kappa shape index (κ1) is 58.8. The quantitative estimate of drug-likeness (QED) is 0.0197. The lowest BCUT2D eigenvalue weighted by Gasteiger charge is -2.28. The van der Waals surface area contributed by atoms with Gasteiger partial charge in [-0.05, 0) is 57.8 Å². The number of hydrogen-bond acceptors (Lipinski definition) is 11. The van der Waals surface area contributed by atoms with E-state index in [1.54, 1.807) is 12.2 Å². The zero-order valence-corrected chi connectivity index (χ0v) is 41.1. The number of aliphatic hydroxyl groups is 2. The van der Waals surface area contributed by atoms with Gasteiger partial charge in [0.1, 0.15) is 25.5 Å². The molecule has 12 nitrogen and oxygen atoms in total. The summed E-state index contributed by atoms with van der Waals surface area (Å²) in [6.45, 7) is 3.82. The second kappa shape index (κ2) is 37.0. The highest BCUT2D eigenvalue weighted by molar-refractivity contribution is 7.45. The summed E-state index contributed by atoms with van der Waals surface area (Å²) in [5.74, 6) is -1.77. The fourth-order valence-electron chi connectivity index (χ4n) is 7.51. The zero-order valence-electron chi connectivity index (χ0n) is 40.2. The summed E-state index contributed by atoms with van der Waals surface area (Å²) in [5, 5.41) is 20.8. The summed E-state index contributed by atoms with van der Waals surface area (Å²) in [5.41, 5.74) is 0. The molecule has 0 bridgehead atoms. The van der Waals surface area contributed by atoms with E-state index in [-0.39, 0.29) is 44.2 Å². The zero-order chi connectivity index (χ0) is 46.6. The average Bonchev–Trinajstić information content (AvgIpc) is 3.50. The number of carbonyl (C=O) groups excluding carboxylic acids is 3. The largest absolute Gasteiger partial charge is 0.756 e. The molecular weight excluding hydrogens is 822 g/mol. The predicted octanol–water partition coefficient (Wildman–Crippen LogP) is 10.4. The Hall–Kier alpha value is -2.18. The van der Waals surface area contributed by atoms with Crippen LogP contribution in [0.3, 0.4) is 0 Å². The highest BCUT2D eigenvalue weighted by atomic mass is 31.2. The minimum atomic E-state index is -4.69.